The lowest BCUT2D eigenvalue weighted by Crippen LogP contribution is -2.41. The van der Waals surface area contributed by atoms with Gasteiger partial charge in [-0.3, -0.25) is 4.79 Å². The number of hydrogen-bond acceptors (Lipinski definition) is 3. The second-order valence-corrected chi connectivity index (χ2v) is 5.10. The number of methoxy groups -OCH3 is 1. The molecule has 20 heavy (non-hydrogen) atoms. The number of ether oxygens (including phenoxy) is 1. The van der Waals surface area contributed by atoms with Crippen molar-refractivity contribution < 1.29 is 19.4 Å². The van der Waals surface area contributed by atoms with Gasteiger partial charge in [-0.15, -0.1) is 0 Å². The first-order chi connectivity index (χ1) is 9.61. The third kappa shape index (κ3) is 3.36. The van der Waals surface area contributed by atoms with Crippen LogP contribution in [-0.2, 0) is 4.74 Å². The van der Waals surface area contributed by atoms with Gasteiger partial charge in [-0.1, -0.05) is 0 Å². The van der Waals surface area contributed by atoms with Crippen molar-refractivity contribution in [3.05, 3.63) is 35.4 Å². The van der Waals surface area contributed by atoms with Crippen molar-refractivity contribution in [3.8, 4) is 0 Å². The minimum Gasteiger partial charge on any atom is -0.478 e. The number of likely N-dealkylation sites (tertiary alicyclic amines) is 1. The summed E-state index contributed by atoms with van der Waals surface area (Å²) in [5.74, 6) is -0.638. The fourth-order valence-corrected chi connectivity index (χ4v) is 2.56. The van der Waals surface area contributed by atoms with Crippen molar-refractivity contribution in [2.45, 2.75) is 12.8 Å². The van der Waals surface area contributed by atoms with Crippen LogP contribution in [0.25, 0.3) is 0 Å². The predicted molar refractivity (Wildman–Crippen MR) is 73.9 cm³/mol. The van der Waals surface area contributed by atoms with Crippen LogP contribution in [-0.4, -0.2) is 48.7 Å². The highest BCUT2D eigenvalue weighted by molar-refractivity contribution is 5.95. The number of amides is 1. The summed E-state index contributed by atoms with van der Waals surface area (Å²) in [5, 5.41) is 8.85. The van der Waals surface area contributed by atoms with Gasteiger partial charge in [0, 0.05) is 25.8 Å². The number of rotatable bonds is 4. The Bertz CT molecular complexity index is 481. The van der Waals surface area contributed by atoms with Crippen molar-refractivity contribution in [1.82, 2.24) is 4.90 Å². The van der Waals surface area contributed by atoms with E-state index in [0.29, 0.717) is 24.6 Å². The topological polar surface area (TPSA) is 66.8 Å². The van der Waals surface area contributed by atoms with E-state index in [2.05, 4.69) is 0 Å². The van der Waals surface area contributed by atoms with Crippen molar-refractivity contribution in [2.75, 3.05) is 26.8 Å². The number of carboxylic acids is 1. The SMILES string of the molecule is COC[C@@H]1CCCN(C(=O)c2ccc(C(=O)O)cc2)C1. The molecule has 0 radical (unpaired) electrons. The largest absolute Gasteiger partial charge is 0.478 e. The molecule has 108 valence electrons. The van der Waals surface area contributed by atoms with Crippen LogP contribution in [0.5, 0.6) is 0 Å². The Morgan fingerprint density at radius 1 is 1.30 bits per heavy atom. The van der Waals surface area contributed by atoms with Crippen molar-refractivity contribution in [1.29, 1.82) is 0 Å². The fourth-order valence-electron chi connectivity index (χ4n) is 2.56. The zero-order valence-electron chi connectivity index (χ0n) is 11.5. The number of aromatic carboxylic acids is 1. The molecule has 0 saturated carbocycles. The molecule has 1 aliphatic rings. The van der Waals surface area contributed by atoms with E-state index in [4.69, 9.17) is 9.84 Å². The average molecular weight is 277 g/mol. The molecule has 5 heteroatoms. The number of hydrogen-bond donors (Lipinski definition) is 1. The Kier molecular flexibility index (Phi) is 4.74. The second-order valence-electron chi connectivity index (χ2n) is 5.10. The first-order valence-electron chi connectivity index (χ1n) is 6.73. The molecule has 1 atom stereocenters. The van der Waals surface area contributed by atoms with Gasteiger partial charge in [-0.2, -0.15) is 0 Å². The molecule has 0 aromatic heterocycles. The van der Waals surface area contributed by atoms with E-state index in [9.17, 15) is 9.59 Å². The maximum atomic E-state index is 12.4. The highest BCUT2D eigenvalue weighted by Gasteiger charge is 2.24. The summed E-state index contributed by atoms with van der Waals surface area (Å²) in [6, 6.07) is 6.08. The van der Waals surface area contributed by atoms with Crippen LogP contribution in [0.3, 0.4) is 0 Å². The number of carboxylic acid groups (broad SMARTS) is 1. The Morgan fingerprint density at radius 2 is 1.95 bits per heavy atom. The molecule has 0 unspecified atom stereocenters. The molecule has 0 spiro atoms. The molecule has 1 aromatic rings. The highest BCUT2D eigenvalue weighted by atomic mass is 16.5. The van der Waals surface area contributed by atoms with Crippen molar-refractivity contribution >= 4 is 11.9 Å². The maximum Gasteiger partial charge on any atom is 0.335 e. The van der Waals surface area contributed by atoms with Gasteiger partial charge in [0.25, 0.3) is 5.91 Å². The van der Waals surface area contributed by atoms with Gasteiger partial charge < -0.3 is 14.7 Å². The Morgan fingerprint density at radius 3 is 2.55 bits per heavy atom. The number of carbonyl (C=O) groups is 2. The van der Waals surface area contributed by atoms with E-state index in [-0.39, 0.29) is 11.5 Å². The molecule has 1 aliphatic heterocycles. The van der Waals surface area contributed by atoms with Gasteiger partial charge in [0.2, 0.25) is 0 Å². The van der Waals surface area contributed by atoms with Gasteiger partial charge in [-0.25, -0.2) is 4.79 Å². The Labute approximate surface area is 118 Å². The summed E-state index contributed by atoms with van der Waals surface area (Å²) in [4.78, 5) is 25.0. The molecule has 1 N–H and O–H groups in total. The molecule has 1 fully saturated rings. The minimum absolute atomic E-state index is 0.0391. The van der Waals surface area contributed by atoms with Gasteiger partial charge in [0.15, 0.2) is 0 Å². The van der Waals surface area contributed by atoms with Crippen LogP contribution in [0.2, 0.25) is 0 Å². The van der Waals surface area contributed by atoms with E-state index >= 15 is 0 Å². The molecule has 1 aromatic carbocycles. The van der Waals surface area contributed by atoms with Crippen molar-refractivity contribution in [2.24, 2.45) is 5.92 Å². The molecular weight excluding hydrogens is 258 g/mol. The predicted octanol–water partition coefficient (Wildman–Crippen LogP) is 1.88. The average Bonchev–Trinajstić information content (AvgIpc) is 2.47. The van der Waals surface area contributed by atoms with E-state index < -0.39 is 5.97 Å². The molecule has 1 amide bonds. The minimum atomic E-state index is -0.984. The molecule has 1 saturated heterocycles. The van der Waals surface area contributed by atoms with Gasteiger partial charge in [0.05, 0.1) is 12.2 Å². The fraction of sp³-hybridized carbons (Fsp3) is 0.467. The zero-order valence-corrected chi connectivity index (χ0v) is 11.5. The number of piperidine rings is 1. The molecular formula is C15H19NO4. The molecule has 1 heterocycles. The second kappa shape index (κ2) is 6.52. The number of nitrogens with zero attached hydrogens (tertiary/aromatic N) is 1. The molecule has 0 aliphatic carbocycles. The van der Waals surface area contributed by atoms with E-state index in [1.807, 2.05) is 4.90 Å². The van der Waals surface area contributed by atoms with Crippen molar-refractivity contribution in [3.63, 3.8) is 0 Å². The Hall–Kier alpha value is -1.88. The van der Waals surface area contributed by atoms with E-state index in [1.165, 1.54) is 12.1 Å². The molecule has 0 bridgehead atoms. The third-order valence-electron chi connectivity index (χ3n) is 3.59. The summed E-state index contributed by atoms with van der Waals surface area (Å²) in [6.45, 7) is 2.12. The van der Waals surface area contributed by atoms with Gasteiger partial charge >= 0.3 is 5.97 Å². The number of carbonyl (C=O) groups excluding carboxylic acids is 1. The van der Waals surface area contributed by atoms with Gasteiger partial charge in [-0.05, 0) is 43.0 Å². The quantitative estimate of drug-likeness (QED) is 0.912. The summed E-state index contributed by atoms with van der Waals surface area (Å²) < 4.78 is 5.15. The lowest BCUT2D eigenvalue weighted by Gasteiger charge is -2.32. The molecule has 5 nitrogen and oxygen atoms in total. The normalized spacial score (nSPS) is 18.9. The smallest absolute Gasteiger partial charge is 0.335 e. The van der Waals surface area contributed by atoms with Crippen LogP contribution in [0.15, 0.2) is 24.3 Å². The third-order valence-corrected chi connectivity index (χ3v) is 3.59. The maximum absolute atomic E-state index is 12.4. The van der Waals surface area contributed by atoms with Crippen LogP contribution < -0.4 is 0 Å². The summed E-state index contributed by atoms with van der Waals surface area (Å²) in [7, 11) is 1.67. The first kappa shape index (κ1) is 14.5. The van der Waals surface area contributed by atoms with Crippen LogP contribution in [0.4, 0.5) is 0 Å². The first-order valence-corrected chi connectivity index (χ1v) is 6.73. The number of benzene rings is 1. The van der Waals surface area contributed by atoms with E-state index in [1.54, 1.807) is 19.2 Å². The summed E-state index contributed by atoms with van der Waals surface area (Å²) >= 11 is 0. The lowest BCUT2D eigenvalue weighted by molar-refractivity contribution is 0.0569. The highest BCUT2D eigenvalue weighted by Crippen LogP contribution is 2.19. The summed E-state index contributed by atoms with van der Waals surface area (Å²) in [6.07, 6.45) is 2.06. The lowest BCUT2D eigenvalue weighted by atomic mass is 9.98. The van der Waals surface area contributed by atoms with Gasteiger partial charge in [0.1, 0.15) is 0 Å². The summed E-state index contributed by atoms with van der Waals surface area (Å²) in [5.41, 5.74) is 0.727. The monoisotopic (exact) mass is 277 g/mol. The van der Waals surface area contributed by atoms with Crippen LogP contribution in [0.1, 0.15) is 33.6 Å². The van der Waals surface area contributed by atoms with E-state index in [0.717, 1.165) is 19.4 Å². The molecule has 2 rings (SSSR count). The zero-order chi connectivity index (χ0) is 14.5. The Balaban J connectivity index is 2.04. The van der Waals surface area contributed by atoms with Crippen LogP contribution in [0, 0.1) is 5.92 Å². The standard InChI is InChI=1S/C15H19NO4/c1-20-10-11-3-2-8-16(9-11)14(17)12-4-6-13(7-5-12)15(18)19/h4-7,11H,2-3,8-10H2,1H3,(H,18,19)/t11-/m1/s1. The van der Waals surface area contributed by atoms with Crippen LogP contribution >= 0.6 is 0 Å².